The van der Waals surface area contributed by atoms with E-state index in [4.69, 9.17) is 0 Å². The first-order valence-corrected chi connectivity index (χ1v) is 12.7. The first-order valence-electron chi connectivity index (χ1n) is 11.2. The number of anilines is 1. The van der Waals surface area contributed by atoms with Crippen LogP contribution in [0.1, 0.15) is 32.3 Å². The average Bonchev–Trinajstić information content (AvgIpc) is 2.85. The SMILES string of the molecule is CCN(CC)C(=O)[C@H]1CCCN(c2ccc([N+](=O)[O-])cc2/C=N\NS(=O)(=O)c2ccccc2)C1. The highest BCUT2D eigenvalue weighted by atomic mass is 32.2. The molecule has 34 heavy (non-hydrogen) atoms. The Labute approximate surface area is 199 Å². The third-order valence-electron chi connectivity index (χ3n) is 5.84. The Balaban J connectivity index is 1.86. The highest BCUT2D eigenvalue weighted by molar-refractivity contribution is 7.89. The number of hydrogen-bond acceptors (Lipinski definition) is 7. The molecule has 1 heterocycles. The zero-order valence-electron chi connectivity index (χ0n) is 19.3. The number of hydrazone groups is 1. The highest BCUT2D eigenvalue weighted by Crippen LogP contribution is 2.29. The van der Waals surface area contributed by atoms with Gasteiger partial charge in [0.25, 0.3) is 15.7 Å². The van der Waals surface area contributed by atoms with Gasteiger partial charge < -0.3 is 9.80 Å². The molecule has 1 atom stereocenters. The molecule has 3 rings (SSSR count). The summed E-state index contributed by atoms with van der Waals surface area (Å²) < 4.78 is 24.9. The number of carbonyl (C=O) groups excluding carboxylic acids is 1. The van der Waals surface area contributed by atoms with Gasteiger partial charge in [-0.3, -0.25) is 14.9 Å². The Morgan fingerprint density at radius 1 is 1.24 bits per heavy atom. The van der Waals surface area contributed by atoms with E-state index in [9.17, 15) is 23.3 Å². The molecule has 1 saturated heterocycles. The topological polar surface area (TPSA) is 125 Å². The smallest absolute Gasteiger partial charge is 0.276 e. The number of benzene rings is 2. The van der Waals surface area contributed by atoms with E-state index in [2.05, 4.69) is 9.93 Å². The van der Waals surface area contributed by atoms with Crippen molar-refractivity contribution < 1.29 is 18.1 Å². The zero-order chi connectivity index (χ0) is 24.7. The predicted molar refractivity (Wildman–Crippen MR) is 130 cm³/mol. The maximum absolute atomic E-state index is 12.9. The molecule has 0 aromatic heterocycles. The van der Waals surface area contributed by atoms with Crippen LogP contribution < -0.4 is 9.73 Å². The molecular weight excluding hydrogens is 458 g/mol. The van der Waals surface area contributed by atoms with Crippen LogP contribution >= 0.6 is 0 Å². The fourth-order valence-electron chi connectivity index (χ4n) is 4.06. The molecule has 0 unspecified atom stereocenters. The van der Waals surface area contributed by atoms with Gasteiger partial charge in [0.2, 0.25) is 5.91 Å². The van der Waals surface area contributed by atoms with Gasteiger partial charge >= 0.3 is 0 Å². The highest BCUT2D eigenvalue weighted by Gasteiger charge is 2.29. The molecule has 0 radical (unpaired) electrons. The quantitative estimate of drug-likeness (QED) is 0.329. The van der Waals surface area contributed by atoms with Crippen LogP contribution in [0.5, 0.6) is 0 Å². The van der Waals surface area contributed by atoms with Crippen LogP contribution in [0.2, 0.25) is 0 Å². The van der Waals surface area contributed by atoms with Gasteiger partial charge in [-0.25, -0.2) is 4.83 Å². The van der Waals surface area contributed by atoms with E-state index in [-0.39, 0.29) is 22.4 Å². The maximum Gasteiger partial charge on any atom is 0.276 e. The summed E-state index contributed by atoms with van der Waals surface area (Å²) >= 11 is 0. The van der Waals surface area contributed by atoms with E-state index in [0.29, 0.717) is 37.4 Å². The summed E-state index contributed by atoms with van der Waals surface area (Å²) in [5, 5.41) is 15.2. The van der Waals surface area contributed by atoms with Crippen molar-refractivity contribution in [3.8, 4) is 0 Å². The molecule has 182 valence electrons. The lowest BCUT2D eigenvalue weighted by molar-refractivity contribution is -0.384. The number of piperidine rings is 1. The number of non-ortho nitro benzene ring substituents is 1. The molecule has 1 aliphatic heterocycles. The second-order valence-corrected chi connectivity index (χ2v) is 9.62. The van der Waals surface area contributed by atoms with E-state index in [1.807, 2.05) is 23.6 Å². The van der Waals surface area contributed by atoms with Crippen molar-refractivity contribution >= 4 is 33.5 Å². The minimum absolute atomic E-state index is 0.0557. The molecule has 1 fully saturated rings. The molecule has 11 heteroatoms. The summed E-state index contributed by atoms with van der Waals surface area (Å²) in [6, 6.07) is 12.2. The lowest BCUT2D eigenvalue weighted by Gasteiger charge is -2.36. The first kappa shape index (κ1) is 25.2. The Kier molecular flexibility index (Phi) is 8.21. The largest absolute Gasteiger partial charge is 0.370 e. The Morgan fingerprint density at radius 3 is 2.59 bits per heavy atom. The Hall–Kier alpha value is -3.47. The van der Waals surface area contributed by atoms with Crippen molar-refractivity contribution in [3.63, 3.8) is 0 Å². The van der Waals surface area contributed by atoms with Crippen LogP contribution in [0.3, 0.4) is 0 Å². The van der Waals surface area contributed by atoms with Crippen LogP contribution in [0.15, 0.2) is 58.5 Å². The van der Waals surface area contributed by atoms with Crippen LogP contribution in [-0.2, 0) is 14.8 Å². The molecule has 0 bridgehead atoms. The molecule has 0 aliphatic carbocycles. The van der Waals surface area contributed by atoms with Crippen molar-refractivity contribution in [2.24, 2.45) is 11.0 Å². The van der Waals surface area contributed by atoms with Crippen LogP contribution in [0, 0.1) is 16.0 Å². The summed E-state index contributed by atoms with van der Waals surface area (Å²) in [5.74, 6) is -0.0762. The fourth-order valence-corrected chi connectivity index (χ4v) is 4.87. The number of nitrogens with zero attached hydrogens (tertiary/aromatic N) is 4. The first-order chi connectivity index (χ1) is 16.3. The van der Waals surface area contributed by atoms with Gasteiger partial charge in [0.05, 0.1) is 22.0 Å². The normalized spacial score (nSPS) is 16.4. The number of nitrogens with one attached hydrogen (secondary N) is 1. The Bertz CT molecular complexity index is 1150. The lowest BCUT2D eigenvalue weighted by atomic mass is 9.95. The zero-order valence-corrected chi connectivity index (χ0v) is 20.1. The molecule has 1 aliphatic rings. The summed E-state index contributed by atoms with van der Waals surface area (Å²) in [4.78, 5) is 29.7. The molecule has 0 spiro atoms. The van der Waals surface area contributed by atoms with Gasteiger partial charge in [-0.1, -0.05) is 18.2 Å². The molecule has 10 nitrogen and oxygen atoms in total. The number of hydrogen-bond donors (Lipinski definition) is 1. The molecular formula is C23H29N5O5S. The minimum atomic E-state index is -3.88. The van der Waals surface area contributed by atoms with Crippen molar-refractivity contribution in [1.82, 2.24) is 9.73 Å². The van der Waals surface area contributed by atoms with Gasteiger partial charge in [-0.15, -0.1) is 0 Å². The maximum atomic E-state index is 12.9. The van der Waals surface area contributed by atoms with Crippen molar-refractivity contribution in [2.75, 3.05) is 31.1 Å². The van der Waals surface area contributed by atoms with E-state index >= 15 is 0 Å². The number of nitro benzene ring substituents is 1. The molecule has 1 N–H and O–H groups in total. The van der Waals surface area contributed by atoms with E-state index in [1.54, 1.807) is 24.3 Å². The van der Waals surface area contributed by atoms with Gasteiger partial charge in [-0.05, 0) is 44.9 Å². The summed E-state index contributed by atoms with van der Waals surface area (Å²) in [6.45, 7) is 6.33. The van der Waals surface area contributed by atoms with Gasteiger partial charge in [0.1, 0.15) is 0 Å². The van der Waals surface area contributed by atoms with Crippen molar-refractivity contribution in [2.45, 2.75) is 31.6 Å². The second kappa shape index (κ2) is 11.1. The molecule has 0 saturated carbocycles. The number of carbonyl (C=O) groups is 1. The number of amides is 1. The predicted octanol–water partition coefficient (Wildman–Crippen LogP) is 2.99. The number of rotatable bonds is 9. The van der Waals surface area contributed by atoms with E-state index < -0.39 is 14.9 Å². The Morgan fingerprint density at radius 2 is 1.94 bits per heavy atom. The van der Waals surface area contributed by atoms with Crippen molar-refractivity contribution in [1.29, 1.82) is 0 Å². The third-order valence-corrected chi connectivity index (χ3v) is 7.08. The van der Waals surface area contributed by atoms with Gasteiger partial charge in [-0.2, -0.15) is 13.5 Å². The molecule has 1 amide bonds. The minimum Gasteiger partial charge on any atom is -0.370 e. The van der Waals surface area contributed by atoms with Gasteiger partial charge in [0, 0.05) is 49.6 Å². The standard InChI is InChI=1S/C23H29N5O5S/c1-3-26(4-2)23(29)18-9-8-14-27(17-18)22-13-12-20(28(30)31)15-19(22)16-24-25-34(32,33)21-10-6-5-7-11-21/h5-7,10-13,15-16,18,25H,3-4,8-9,14,17H2,1-2H3/b24-16-/t18-/m0/s1. The summed E-state index contributed by atoms with van der Waals surface area (Å²) in [7, 11) is -3.88. The van der Waals surface area contributed by atoms with Gasteiger partial charge in [0.15, 0.2) is 0 Å². The van der Waals surface area contributed by atoms with Crippen LogP contribution in [-0.4, -0.2) is 56.5 Å². The van der Waals surface area contributed by atoms with E-state index in [0.717, 1.165) is 12.8 Å². The molecule has 2 aromatic rings. The molecule has 2 aromatic carbocycles. The summed E-state index contributed by atoms with van der Waals surface area (Å²) in [5.41, 5.74) is 0.912. The lowest BCUT2D eigenvalue weighted by Crippen LogP contribution is -2.45. The van der Waals surface area contributed by atoms with E-state index in [1.165, 1.54) is 30.5 Å². The summed E-state index contributed by atoms with van der Waals surface area (Å²) in [6.07, 6.45) is 2.84. The fraction of sp³-hybridized carbons (Fsp3) is 0.391. The average molecular weight is 488 g/mol. The third kappa shape index (κ3) is 5.90. The monoisotopic (exact) mass is 487 g/mol. The number of sulfonamides is 1. The van der Waals surface area contributed by atoms with Crippen LogP contribution in [0.4, 0.5) is 11.4 Å². The van der Waals surface area contributed by atoms with Crippen LogP contribution in [0.25, 0.3) is 0 Å². The second-order valence-electron chi connectivity index (χ2n) is 7.96. The van der Waals surface area contributed by atoms with Crippen molar-refractivity contribution in [3.05, 3.63) is 64.2 Å². The number of nitro groups is 1.